The van der Waals surface area contributed by atoms with Gasteiger partial charge in [-0.3, -0.25) is 14.9 Å². The molecule has 1 aromatic carbocycles. The molecule has 0 radical (unpaired) electrons. The Labute approximate surface area is 111 Å². The van der Waals surface area contributed by atoms with Gasteiger partial charge in [-0.2, -0.15) is 0 Å². The highest BCUT2D eigenvalue weighted by atomic mass is 79.9. The Bertz CT molecular complexity index is 527. The van der Waals surface area contributed by atoms with Gasteiger partial charge >= 0.3 is 0 Å². The second-order valence-corrected chi connectivity index (χ2v) is 5.12. The van der Waals surface area contributed by atoms with Crippen molar-refractivity contribution in [3.8, 4) is 5.75 Å². The molecule has 0 saturated carbocycles. The zero-order valence-electron chi connectivity index (χ0n) is 8.82. The van der Waals surface area contributed by atoms with E-state index in [0.717, 1.165) is 21.8 Å². The van der Waals surface area contributed by atoms with Crippen molar-refractivity contribution >= 4 is 44.9 Å². The molecule has 0 unspecified atom stereocenters. The zero-order chi connectivity index (χ0) is 12.4. The number of halogens is 1. The smallest absolute Gasteiger partial charge is 0.290 e. The highest BCUT2D eigenvalue weighted by molar-refractivity contribution is 9.10. The fourth-order valence-electron chi connectivity index (χ4n) is 1.34. The second kappa shape index (κ2) is 4.93. The molecule has 1 aliphatic rings. The number of carbonyl (C=O) groups excluding carboxylic acids is 2. The molecule has 0 aromatic heterocycles. The van der Waals surface area contributed by atoms with Gasteiger partial charge in [0.05, 0.1) is 16.5 Å². The summed E-state index contributed by atoms with van der Waals surface area (Å²) in [5, 5.41) is 1.87. The number of imide groups is 1. The van der Waals surface area contributed by atoms with Crippen molar-refractivity contribution in [2.75, 3.05) is 7.11 Å². The Balaban J connectivity index is 2.30. The van der Waals surface area contributed by atoms with Crippen molar-refractivity contribution in [1.29, 1.82) is 0 Å². The SMILES string of the molecule is COc1ccc(/C=C2/SC(=O)NC2=O)cc1Br. The van der Waals surface area contributed by atoms with Crippen molar-refractivity contribution in [3.05, 3.63) is 33.1 Å². The molecule has 1 saturated heterocycles. The number of ether oxygens (including phenoxy) is 1. The summed E-state index contributed by atoms with van der Waals surface area (Å²) in [7, 11) is 1.58. The van der Waals surface area contributed by atoms with Crippen LogP contribution in [0.1, 0.15) is 5.56 Å². The van der Waals surface area contributed by atoms with E-state index >= 15 is 0 Å². The van der Waals surface area contributed by atoms with E-state index in [9.17, 15) is 9.59 Å². The largest absolute Gasteiger partial charge is 0.496 e. The van der Waals surface area contributed by atoms with E-state index in [2.05, 4.69) is 21.2 Å². The first-order chi connectivity index (χ1) is 8.10. The number of carbonyl (C=O) groups is 2. The van der Waals surface area contributed by atoms with Gasteiger partial charge in [-0.1, -0.05) is 6.07 Å². The van der Waals surface area contributed by atoms with E-state index in [1.54, 1.807) is 19.3 Å². The van der Waals surface area contributed by atoms with Crippen LogP contribution in [0, 0.1) is 0 Å². The molecule has 1 aliphatic heterocycles. The minimum Gasteiger partial charge on any atom is -0.496 e. The van der Waals surface area contributed by atoms with Crippen LogP contribution in [-0.4, -0.2) is 18.3 Å². The third-order valence-electron chi connectivity index (χ3n) is 2.12. The molecule has 1 fully saturated rings. The number of methoxy groups -OCH3 is 1. The number of benzene rings is 1. The molecule has 1 heterocycles. The maximum absolute atomic E-state index is 11.3. The van der Waals surface area contributed by atoms with E-state index < -0.39 is 0 Å². The third-order valence-corrected chi connectivity index (χ3v) is 3.55. The first kappa shape index (κ1) is 12.2. The van der Waals surface area contributed by atoms with Gasteiger partial charge in [-0.05, 0) is 51.5 Å². The van der Waals surface area contributed by atoms with Crippen LogP contribution in [0.3, 0.4) is 0 Å². The Hall–Kier alpha value is -1.27. The summed E-state index contributed by atoms with van der Waals surface area (Å²) in [6.45, 7) is 0. The minimum absolute atomic E-state index is 0.339. The molecular weight excluding hydrogens is 306 g/mol. The maximum atomic E-state index is 11.3. The number of nitrogens with one attached hydrogen (secondary N) is 1. The van der Waals surface area contributed by atoms with Gasteiger partial charge in [0.2, 0.25) is 0 Å². The average Bonchev–Trinajstić information content (AvgIpc) is 2.58. The van der Waals surface area contributed by atoms with E-state index in [1.807, 2.05) is 12.1 Å². The van der Waals surface area contributed by atoms with E-state index in [-0.39, 0.29) is 11.1 Å². The van der Waals surface area contributed by atoms with Gasteiger partial charge in [-0.15, -0.1) is 0 Å². The molecule has 4 nitrogen and oxygen atoms in total. The van der Waals surface area contributed by atoms with Crippen LogP contribution >= 0.6 is 27.7 Å². The van der Waals surface area contributed by atoms with E-state index in [1.165, 1.54) is 0 Å². The summed E-state index contributed by atoms with van der Waals surface area (Å²) in [6, 6.07) is 5.42. The quantitative estimate of drug-likeness (QED) is 0.853. The van der Waals surface area contributed by atoms with Gasteiger partial charge in [0, 0.05) is 0 Å². The standard InChI is InChI=1S/C11H8BrNO3S/c1-16-8-3-2-6(4-7(8)12)5-9-10(14)13-11(15)17-9/h2-5H,1H3,(H,13,14,15)/b9-5+. The topological polar surface area (TPSA) is 55.4 Å². The van der Waals surface area contributed by atoms with Gasteiger partial charge in [0.15, 0.2) is 0 Å². The van der Waals surface area contributed by atoms with E-state index in [0.29, 0.717) is 10.7 Å². The Kier molecular flexibility index (Phi) is 3.54. The van der Waals surface area contributed by atoms with Gasteiger partial charge < -0.3 is 4.74 Å². The maximum Gasteiger partial charge on any atom is 0.290 e. The molecule has 0 aliphatic carbocycles. The van der Waals surface area contributed by atoms with Crippen molar-refractivity contribution in [2.45, 2.75) is 0 Å². The summed E-state index contributed by atoms with van der Waals surface area (Å²) in [6.07, 6.45) is 1.66. The molecule has 0 atom stereocenters. The number of hydrogen-bond donors (Lipinski definition) is 1. The Morgan fingerprint density at radius 3 is 2.71 bits per heavy atom. The molecule has 88 valence electrons. The normalized spacial score (nSPS) is 17.4. The average molecular weight is 314 g/mol. The number of rotatable bonds is 2. The number of hydrogen-bond acceptors (Lipinski definition) is 4. The van der Waals surface area contributed by atoms with Crippen molar-refractivity contribution in [3.63, 3.8) is 0 Å². The first-order valence-corrected chi connectivity index (χ1v) is 6.29. The van der Waals surface area contributed by atoms with Crippen LogP contribution < -0.4 is 10.1 Å². The number of thioether (sulfide) groups is 1. The van der Waals surface area contributed by atoms with Crippen LogP contribution in [0.2, 0.25) is 0 Å². The lowest BCUT2D eigenvalue weighted by atomic mass is 10.2. The third kappa shape index (κ3) is 2.70. The molecule has 1 aromatic rings. The van der Waals surface area contributed by atoms with Crippen molar-refractivity contribution in [2.24, 2.45) is 0 Å². The lowest BCUT2D eigenvalue weighted by molar-refractivity contribution is -0.115. The van der Waals surface area contributed by atoms with E-state index in [4.69, 9.17) is 4.74 Å². The van der Waals surface area contributed by atoms with Crippen LogP contribution in [-0.2, 0) is 4.79 Å². The molecular formula is C11H8BrNO3S. The highest BCUT2D eigenvalue weighted by Gasteiger charge is 2.24. The van der Waals surface area contributed by atoms with Crippen molar-refractivity contribution in [1.82, 2.24) is 5.32 Å². The molecule has 2 rings (SSSR count). The fourth-order valence-corrected chi connectivity index (χ4v) is 2.59. The first-order valence-electron chi connectivity index (χ1n) is 4.68. The summed E-state index contributed by atoms with van der Waals surface area (Å²) < 4.78 is 5.90. The summed E-state index contributed by atoms with van der Waals surface area (Å²) in [5.74, 6) is 0.360. The zero-order valence-corrected chi connectivity index (χ0v) is 11.2. The predicted molar refractivity (Wildman–Crippen MR) is 69.8 cm³/mol. The number of amides is 2. The molecule has 0 spiro atoms. The minimum atomic E-state index is -0.355. The lowest BCUT2D eigenvalue weighted by Crippen LogP contribution is -2.17. The fraction of sp³-hybridized carbons (Fsp3) is 0.0909. The Morgan fingerprint density at radius 2 is 2.18 bits per heavy atom. The molecule has 1 N–H and O–H groups in total. The van der Waals surface area contributed by atoms with Crippen LogP contribution in [0.15, 0.2) is 27.6 Å². The van der Waals surface area contributed by atoms with Crippen LogP contribution in [0.25, 0.3) is 6.08 Å². The summed E-state index contributed by atoms with van der Waals surface area (Å²) >= 11 is 4.25. The van der Waals surface area contributed by atoms with Crippen LogP contribution in [0.4, 0.5) is 4.79 Å². The van der Waals surface area contributed by atoms with Gasteiger partial charge in [-0.25, -0.2) is 0 Å². The highest BCUT2D eigenvalue weighted by Crippen LogP contribution is 2.29. The molecule has 2 amide bonds. The monoisotopic (exact) mass is 313 g/mol. The van der Waals surface area contributed by atoms with Gasteiger partial charge in [0.25, 0.3) is 11.1 Å². The molecule has 0 bridgehead atoms. The van der Waals surface area contributed by atoms with Crippen molar-refractivity contribution < 1.29 is 14.3 Å². The van der Waals surface area contributed by atoms with Gasteiger partial charge in [0.1, 0.15) is 5.75 Å². The second-order valence-electron chi connectivity index (χ2n) is 3.25. The summed E-state index contributed by atoms with van der Waals surface area (Å²) in [5.41, 5.74) is 0.824. The molecule has 6 heteroatoms. The Morgan fingerprint density at radius 1 is 1.41 bits per heavy atom. The lowest BCUT2D eigenvalue weighted by Gasteiger charge is -2.03. The summed E-state index contributed by atoms with van der Waals surface area (Å²) in [4.78, 5) is 22.7. The van der Waals surface area contributed by atoms with Crippen LogP contribution in [0.5, 0.6) is 5.75 Å². The molecule has 17 heavy (non-hydrogen) atoms. The predicted octanol–water partition coefficient (Wildman–Crippen LogP) is 2.78.